The lowest BCUT2D eigenvalue weighted by Gasteiger charge is -2.32. The Labute approximate surface area is 217 Å². The summed E-state index contributed by atoms with van der Waals surface area (Å²) in [5.41, 5.74) is 4.70. The van der Waals surface area contributed by atoms with E-state index in [0.29, 0.717) is 18.1 Å². The van der Waals surface area contributed by atoms with E-state index in [2.05, 4.69) is 34.1 Å². The lowest BCUT2D eigenvalue weighted by molar-refractivity contribution is -0.140. The predicted molar refractivity (Wildman–Crippen MR) is 143 cm³/mol. The van der Waals surface area contributed by atoms with Crippen LogP contribution in [0, 0.1) is 5.92 Å². The third-order valence-corrected chi connectivity index (χ3v) is 7.15. The van der Waals surface area contributed by atoms with Crippen LogP contribution in [0.15, 0.2) is 65.3 Å². The summed E-state index contributed by atoms with van der Waals surface area (Å²) >= 11 is 0. The normalized spacial score (nSPS) is 16.1. The van der Waals surface area contributed by atoms with Crippen LogP contribution in [0.4, 0.5) is 0 Å². The Kier molecular flexibility index (Phi) is 7.80. The standard InChI is InChI=1S/C30H33N3O4/c1-35-24-14-12-22(13-15-24)27-28-25(18-21-8-6-16-33(19-21)17-7-11-26(34)36-2)31-20-32-30(28)37-29(27)23-9-4-3-5-10-23/h3-5,9-10,12-15,20-21H,6-8,11,16-19H2,1-2H3. The van der Waals surface area contributed by atoms with Crippen LogP contribution < -0.4 is 4.74 Å². The number of aromatic nitrogens is 2. The van der Waals surface area contributed by atoms with E-state index >= 15 is 0 Å². The number of furan rings is 1. The molecule has 0 bridgehead atoms. The van der Waals surface area contributed by atoms with Gasteiger partial charge in [0.15, 0.2) is 0 Å². The number of methoxy groups -OCH3 is 2. The summed E-state index contributed by atoms with van der Waals surface area (Å²) in [5, 5.41) is 0.981. The minimum atomic E-state index is -0.142. The number of carbonyl (C=O) groups excluding carboxylic acids is 1. The third-order valence-electron chi connectivity index (χ3n) is 7.15. The van der Waals surface area contributed by atoms with Gasteiger partial charge >= 0.3 is 5.97 Å². The van der Waals surface area contributed by atoms with Crippen LogP contribution in [0.5, 0.6) is 5.75 Å². The number of hydrogen-bond acceptors (Lipinski definition) is 7. The first-order valence-corrected chi connectivity index (χ1v) is 12.9. The summed E-state index contributed by atoms with van der Waals surface area (Å²) in [7, 11) is 3.12. The summed E-state index contributed by atoms with van der Waals surface area (Å²) < 4.78 is 16.6. The third kappa shape index (κ3) is 5.67. The van der Waals surface area contributed by atoms with Crippen LogP contribution >= 0.6 is 0 Å². The summed E-state index contributed by atoms with van der Waals surface area (Å²) in [6.07, 6.45) is 6.05. The smallest absolute Gasteiger partial charge is 0.305 e. The highest BCUT2D eigenvalue weighted by Gasteiger charge is 2.26. The van der Waals surface area contributed by atoms with E-state index in [9.17, 15) is 4.79 Å². The van der Waals surface area contributed by atoms with Crippen molar-refractivity contribution in [2.45, 2.75) is 32.1 Å². The van der Waals surface area contributed by atoms with E-state index in [1.807, 2.05) is 30.3 Å². The van der Waals surface area contributed by atoms with Gasteiger partial charge in [-0.3, -0.25) is 4.79 Å². The van der Waals surface area contributed by atoms with Crippen molar-refractivity contribution in [1.29, 1.82) is 0 Å². The monoisotopic (exact) mass is 499 g/mol. The molecule has 192 valence electrons. The Morgan fingerprint density at radius 1 is 1.05 bits per heavy atom. The average molecular weight is 500 g/mol. The zero-order chi connectivity index (χ0) is 25.6. The first kappa shape index (κ1) is 25.0. The quantitative estimate of drug-likeness (QED) is 0.270. The molecule has 3 heterocycles. The molecule has 1 aliphatic rings. The minimum Gasteiger partial charge on any atom is -0.497 e. The number of likely N-dealkylation sites (tertiary alicyclic amines) is 1. The zero-order valence-electron chi connectivity index (χ0n) is 21.5. The molecular weight excluding hydrogens is 466 g/mol. The fraction of sp³-hybridized carbons (Fsp3) is 0.367. The van der Waals surface area contributed by atoms with Crippen molar-refractivity contribution in [2.24, 2.45) is 5.92 Å². The van der Waals surface area contributed by atoms with Crippen molar-refractivity contribution >= 4 is 17.1 Å². The van der Waals surface area contributed by atoms with Crippen molar-refractivity contribution in [2.75, 3.05) is 33.9 Å². The van der Waals surface area contributed by atoms with Gasteiger partial charge < -0.3 is 18.8 Å². The Morgan fingerprint density at radius 3 is 2.62 bits per heavy atom. The Balaban J connectivity index is 1.47. The van der Waals surface area contributed by atoms with Crippen molar-refractivity contribution in [1.82, 2.24) is 14.9 Å². The van der Waals surface area contributed by atoms with Crippen molar-refractivity contribution in [3.63, 3.8) is 0 Å². The van der Waals surface area contributed by atoms with E-state index in [-0.39, 0.29) is 5.97 Å². The first-order chi connectivity index (χ1) is 18.2. The van der Waals surface area contributed by atoms with Crippen LogP contribution in [-0.4, -0.2) is 54.7 Å². The average Bonchev–Trinajstić information content (AvgIpc) is 3.34. The highest BCUT2D eigenvalue weighted by molar-refractivity contribution is 6.01. The van der Waals surface area contributed by atoms with Gasteiger partial charge in [0, 0.05) is 24.1 Å². The largest absolute Gasteiger partial charge is 0.497 e. The highest BCUT2D eigenvalue weighted by Crippen LogP contribution is 2.42. The molecule has 7 heteroatoms. The summed E-state index contributed by atoms with van der Waals surface area (Å²) in [4.78, 5) is 23.3. The van der Waals surface area contributed by atoms with Gasteiger partial charge in [-0.05, 0) is 62.4 Å². The molecular formula is C30H33N3O4. The molecule has 1 aliphatic heterocycles. The number of hydrogen-bond donors (Lipinski definition) is 0. The van der Waals surface area contributed by atoms with Gasteiger partial charge in [0.25, 0.3) is 0 Å². The second-order valence-electron chi connectivity index (χ2n) is 9.59. The van der Waals surface area contributed by atoms with E-state index in [4.69, 9.17) is 18.9 Å². The van der Waals surface area contributed by atoms with Gasteiger partial charge in [-0.25, -0.2) is 9.97 Å². The van der Waals surface area contributed by atoms with Crippen molar-refractivity contribution in [3.8, 4) is 28.2 Å². The predicted octanol–water partition coefficient (Wildman–Crippen LogP) is 5.77. The topological polar surface area (TPSA) is 77.7 Å². The minimum absolute atomic E-state index is 0.142. The molecule has 1 unspecified atom stereocenters. The SMILES string of the molecule is COC(=O)CCCN1CCCC(Cc2ncnc3oc(-c4ccccc4)c(-c4ccc(OC)cc4)c23)C1. The van der Waals surface area contributed by atoms with Gasteiger partial charge in [0.1, 0.15) is 17.8 Å². The fourth-order valence-electron chi connectivity index (χ4n) is 5.32. The summed E-state index contributed by atoms with van der Waals surface area (Å²) in [6, 6.07) is 18.2. The van der Waals surface area contributed by atoms with Crippen LogP contribution in [0.3, 0.4) is 0 Å². The van der Waals surface area contributed by atoms with Crippen LogP contribution in [-0.2, 0) is 16.0 Å². The molecule has 1 atom stereocenters. The van der Waals surface area contributed by atoms with Gasteiger partial charge in [0.05, 0.1) is 25.3 Å². The maximum atomic E-state index is 11.5. The number of nitrogens with zero attached hydrogens (tertiary/aromatic N) is 3. The number of piperidine rings is 1. The van der Waals surface area contributed by atoms with Gasteiger partial charge in [0.2, 0.25) is 5.71 Å². The molecule has 0 N–H and O–H groups in total. The number of benzene rings is 2. The molecule has 0 spiro atoms. The number of ether oxygens (including phenoxy) is 2. The van der Waals surface area contributed by atoms with Gasteiger partial charge in [-0.2, -0.15) is 0 Å². The van der Waals surface area contributed by atoms with Crippen molar-refractivity contribution in [3.05, 3.63) is 66.6 Å². The Bertz CT molecular complexity index is 1330. The molecule has 1 fully saturated rings. The summed E-state index contributed by atoms with van der Waals surface area (Å²) in [5.74, 6) is 1.94. The second-order valence-corrected chi connectivity index (χ2v) is 9.59. The number of fused-ring (bicyclic) bond motifs is 1. The number of rotatable bonds is 9. The van der Waals surface area contributed by atoms with E-state index in [1.165, 1.54) is 7.11 Å². The number of esters is 1. The van der Waals surface area contributed by atoms with Crippen LogP contribution in [0.2, 0.25) is 0 Å². The molecule has 5 rings (SSSR count). The van der Waals surface area contributed by atoms with Gasteiger partial charge in [-0.15, -0.1) is 0 Å². The first-order valence-electron chi connectivity index (χ1n) is 12.9. The van der Waals surface area contributed by atoms with E-state index < -0.39 is 0 Å². The lowest BCUT2D eigenvalue weighted by Crippen LogP contribution is -2.37. The molecule has 37 heavy (non-hydrogen) atoms. The molecule has 0 radical (unpaired) electrons. The highest BCUT2D eigenvalue weighted by atomic mass is 16.5. The maximum absolute atomic E-state index is 11.5. The molecule has 1 saturated heterocycles. The van der Waals surface area contributed by atoms with Crippen molar-refractivity contribution < 1.29 is 18.7 Å². The molecule has 2 aromatic carbocycles. The van der Waals surface area contributed by atoms with Crippen LogP contribution in [0.1, 0.15) is 31.4 Å². The molecule has 2 aromatic heterocycles. The molecule has 0 saturated carbocycles. The van der Waals surface area contributed by atoms with E-state index in [0.717, 1.165) is 84.6 Å². The lowest BCUT2D eigenvalue weighted by atomic mass is 9.90. The fourth-order valence-corrected chi connectivity index (χ4v) is 5.32. The van der Waals surface area contributed by atoms with Gasteiger partial charge in [-0.1, -0.05) is 42.5 Å². The summed E-state index contributed by atoms with van der Waals surface area (Å²) in [6.45, 7) is 2.97. The molecule has 0 aliphatic carbocycles. The Hall–Kier alpha value is -3.71. The second kappa shape index (κ2) is 11.6. The van der Waals surface area contributed by atoms with Crippen LogP contribution in [0.25, 0.3) is 33.6 Å². The molecule has 0 amide bonds. The molecule has 7 nitrogen and oxygen atoms in total. The van der Waals surface area contributed by atoms with E-state index in [1.54, 1.807) is 13.4 Å². The zero-order valence-corrected chi connectivity index (χ0v) is 21.5. The molecule has 4 aromatic rings. The maximum Gasteiger partial charge on any atom is 0.305 e. The number of carbonyl (C=O) groups is 1. The Morgan fingerprint density at radius 2 is 1.86 bits per heavy atom.